The van der Waals surface area contributed by atoms with Crippen LogP contribution in [0.2, 0.25) is 0 Å². The summed E-state index contributed by atoms with van der Waals surface area (Å²) in [4.78, 5) is 24.7. The van der Waals surface area contributed by atoms with Crippen molar-refractivity contribution in [3.05, 3.63) is 23.7 Å². The first-order valence-electron chi connectivity index (χ1n) is 8.81. The zero-order chi connectivity index (χ0) is 16.9. The van der Waals surface area contributed by atoms with Gasteiger partial charge in [0, 0.05) is 12.1 Å². The predicted molar refractivity (Wildman–Crippen MR) is 90.8 cm³/mol. The molecular formula is C18H24N4O2. The number of carbonyl (C=O) groups is 1. The molecule has 4 rings (SSSR count). The van der Waals surface area contributed by atoms with Crippen LogP contribution in [-0.4, -0.2) is 37.6 Å². The van der Waals surface area contributed by atoms with Crippen molar-refractivity contribution in [1.82, 2.24) is 20.3 Å². The Hall–Kier alpha value is -1.95. The highest BCUT2D eigenvalue weighted by molar-refractivity contribution is 6.04. The molecule has 1 amide bonds. The second kappa shape index (κ2) is 5.55. The van der Waals surface area contributed by atoms with Crippen molar-refractivity contribution in [1.29, 1.82) is 0 Å². The van der Waals surface area contributed by atoms with Crippen LogP contribution in [0.1, 0.15) is 67.9 Å². The Labute approximate surface area is 141 Å². The molecule has 2 aromatic heterocycles. The number of H-pyrrole nitrogens is 1. The van der Waals surface area contributed by atoms with E-state index in [9.17, 15) is 9.90 Å². The van der Waals surface area contributed by atoms with Crippen LogP contribution in [-0.2, 0) is 0 Å². The number of carbonyl (C=O) groups excluding carboxylic acids is 1. The van der Waals surface area contributed by atoms with Crippen molar-refractivity contribution in [2.75, 3.05) is 0 Å². The molecule has 2 aliphatic carbocycles. The number of nitrogens with one attached hydrogen (secondary N) is 2. The maximum atomic E-state index is 12.7. The van der Waals surface area contributed by atoms with Gasteiger partial charge in [0.25, 0.3) is 5.91 Å². The molecule has 24 heavy (non-hydrogen) atoms. The maximum absolute atomic E-state index is 12.7. The van der Waals surface area contributed by atoms with Gasteiger partial charge >= 0.3 is 0 Å². The van der Waals surface area contributed by atoms with Gasteiger partial charge in [0.1, 0.15) is 5.52 Å². The lowest BCUT2D eigenvalue weighted by Gasteiger charge is -2.31. The zero-order valence-corrected chi connectivity index (χ0v) is 14.2. The van der Waals surface area contributed by atoms with Crippen LogP contribution in [0.25, 0.3) is 11.2 Å². The monoisotopic (exact) mass is 328 g/mol. The van der Waals surface area contributed by atoms with E-state index in [1.54, 1.807) is 19.3 Å². The third kappa shape index (κ3) is 3.02. The number of hydrogen-bond donors (Lipinski definition) is 3. The van der Waals surface area contributed by atoms with E-state index in [4.69, 9.17) is 0 Å². The fourth-order valence-electron chi connectivity index (χ4n) is 3.17. The Morgan fingerprint density at radius 3 is 2.88 bits per heavy atom. The third-order valence-corrected chi connectivity index (χ3v) is 5.32. The summed E-state index contributed by atoms with van der Waals surface area (Å²) in [5.41, 5.74) is 1.81. The summed E-state index contributed by atoms with van der Waals surface area (Å²) in [6, 6.07) is -0.324. The number of amides is 1. The van der Waals surface area contributed by atoms with Gasteiger partial charge in [0.15, 0.2) is 5.65 Å². The standard InChI is InChI=1S/C18H24N4O2/c1-10(18(2,24)7-11-3-4-11)21-17(23)13-8-19-16-15(13)22-14(9-20-16)12-5-6-12/h8-12,24H,3-7H2,1-2H3,(H,19,20)(H,21,23)/t10-,18+/m0/s1. The Morgan fingerprint density at radius 2 is 2.21 bits per heavy atom. The number of aromatic amines is 1. The first kappa shape index (κ1) is 15.6. The topological polar surface area (TPSA) is 90.9 Å². The highest BCUT2D eigenvalue weighted by Gasteiger charge is 2.36. The van der Waals surface area contributed by atoms with Gasteiger partial charge in [-0.25, -0.2) is 9.97 Å². The van der Waals surface area contributed by atoms with Gasteiger partial charge in [0.2, 0.25) is 0 Å². The molecule has 2 atom stereocenters. The summed E-state index contributed by atoms with van der Waals surface area (Å²) in [7, 11) is 0. The SMILES string of the molecule is C[C@H](NC(=O)c1c[nH]c2ncc(C3CC3)nc12)[C@](C)(O)CC1CC1. The number of rotatable bonds is 6. The molecule has 128 valence electrons. The number of aliphatic hydroxyl groups is 1. The second-order valence-corrected chi connectivity index (χ2v) is 7.67. The molecule has 0 radical (unpaired) electrons. The summed E-state index contributed by atoms with van der Waals surface area (Å²) in [6.07, 6.45) is 8.83. The van der Waals surface area contributed by atoms with Crippen LogP contribution in [0.15, 0.2) is 12.4 Å². The Bertz CT molecular complexity index is 774. The minimum absolute atomic E-state index is 0.216. The molecule has 0 saturated heterocycles. The van der Waals surface area contributed by atoms with E-state index in [1.165, 1.54) is 12.8 Å². The molecule has 0 aromatic carbocycles. The number of aromatic nitrogens is 3. The average molecular weight is 328 g/mol. The highest BCUT2D eigenvalue weighted by atomic mass is 16.3. The number of fused-ring (bicyclic) bond motifs is 1. The maximum Gasteiger partial charge on any atom is 0.255 e. The zero-order valence-electron chi connectivity index (χ0n) is 14.2. The smallest absolute Gasteiger partial charge is 0.255 e. The molecule has 6 nitrogen and oxygen atoms in total. The average Bonchev–Trinajstić information content (AvgIpc) is 3.45. The molecule has 2 heterocycles. The first-order chi connectivity index (χ1) is 11.4. The fraction of sp³-hybridized carbons (Fsp3) is 0.611. The Kier molecular flexibility index (Phi) is 3.60. The molecule has 0 unspecified atom stereocenters. The minimum Gasteiger partial charge on any atom is -0.388 e. The van der Waals surface area contributed by atoms with Crippen LogP contribution < -0.4 is 5.32 Å². The van der Waals surface area contributed by atoms with Gasteiger partial charge in [-0.05, 0) is 39.0 Å². The van der Waals surface area contributed by atoms with Crippen LogP contribution in [0.5, 0.6) is 0 Å². The lowest BCUT2D eigenvalue weighted by atomic mass is 9.91. The van der Waals surface area contributed by atoms with Crippen molar-refractivity contribution < 1.29 is 9.90 Å². The molecule has 2 aliphatic rings. The lowest BCUT2D eigenvalue weighted by molar-refractivity contribution is 0.0122. The van der Waals surface area contributed by atoms with Crippen LogP contribution in [0, 0.1) is 5.92 Å². The van der Waals surface area contributed by atoms with Gasteiger partial charge < -0.3 is 15.4 Å². The van der Waals surface area contributed by atoms with E-state index in [1.807, 2.05) is 6.92 Å². The fourth-order valence-corrected chi connectivity index (χ4v) is 3.17. The van der Waals surface area contributed by atoms with E-state index in [0.29, 0.717) is 28.6 Å². The largest absolute Gasteiger partial charge is 0.388 e. The summed E-state index contributed by atoms with van der Waals surface area (Å²) >= 11 is 0. The van der Waals surface area contributed by atoms with E-state index < -0.39 is 5.60 Å². The van der Waals surface area contributed by atoms with E-state index in [-0.39, 0.29) is 11.9 Å². The molecule has 3 N–H and O–H groups in total. The first-order valence-corrected chi connectivity index (χ1v) is 8.81. The van der Waals surface area contributed by atoms with Gasteiger partial charge in [-0.3, -0.25) is 4.79 Å². The van der Waals surface area contributed by atoms with Crippen molar-refractivity contribution >= 4 is 17.1 Å². The molecule has 0 bridgehead atoms. The van der Waals surface area contributed by atoms with Crippen LogP contribution in [0.3, 0.4) is 0 Å². The molecule has 2 aromatic rings. The highest BCUT2D eigenvalue weighted by Crippen LogP contribution is 2.39. The van der Waals surface area contributed by atoms with Crippen molar-refractivity contribution in [2.24, 2.45) is 5.92 Å². The van der Waals surface area contributed by atoms with Gasteiger partial charge in [0.05, 0.1) is 29.1 Å². The molecule has 0 aliphatic heterocycles. The normalized spacial score (nSPS) is 21.5. The second-order valence-electron chi connectivity index (χ2n) is 7.67. The van der Waals surface area contributed by atoms with Crippen molar-refractivity contribution in [2.45, 2.75) is 63.5 Å². The summed E-state index contributed by atoms with van der Waals surface area (Å²) in [5, 5.41) is 13.6. The van der Waals surface area contributed by atoms with Gasteiger partial charge in [-0.1, -0.05) is 12.8 Å². The minimum atomic E-state index is -0.895. The van der Waals surface area contributed by atoms with E-state index in [0.717, 1.165) is 25.0 Å². The predicted octanol–water partition coefficient (Wildman–Crippen LogP) is 2.50. The summed E-state index contributed by atoms with van der Waals surface area (Å²) in [6.45, 7) is 3.66. The van der Waals surface area contributed by atoms with E-state index in [2.05, 4.69) is 20.3 Å². The van der Waals surface area contributed by atoms with Crippen LogP contribution >= 0.6 is 0 Å². The van der Waals surface area contributed by atoms with Gasteiger partial charge in [-0.2, -0.15) is 0 Å². The molecule has 2 saturated carbocycles. The van der Waals surface area contributed by atoms with Crippen LogP contribution in [0.4, 0.5) is 0 Å². The van der Waals surface area contributed by atoms with Crippen molar-refractivity contribution in [3.63, 3.8) is 0 Å². The number of hydrogen-bond acceptors (Lipinski definition) is 4. The molecular weight excluding hydrogens is 304 g/mol. The summed E-state index contributed by atoms with van der Waals surface area (Å²) < 4.78 is 0. The molecule has 0 spiro atoms. The van der Waals surface area contributed by atoms with Gasteiger partial charge in [-0.15, -0.1) is 0 Å². The molecule has 6 heteroatoms. The third-order valence-electron chi connectivity index (χ3n) is 5.32. The quantitative estimate of drug-likeness (QED) is 0.760. The lowest BCUT2D eigenvalue weighted by Crippen LogP contribution is -2.49. The Balaban J connectivity index is 1.53. The summed E-state index contributed by atoms with van der Waals surface area (Å²) in [5.74, 6) is 0.873. The van der Waals surface area contributed by atoms with Crippen molar-refractivity contribution in [3.8, 4) is 0 Å². The molecule has 2 fully saturated rings. The number of nitrogens with zero attached hydrogens (tertiary/aromatic N) is 2. The van der Waals surface area contributed by atoms with E-state index >= 15 is 0 Å². The Morgan fingerprint density at radius 1 is 1.46 bits per heavy atom.